The van der Waals surface area contributed by atoms with Crippen molar-refractivity contribution in [2.24, 2.45) is 0 Å². The zero-order valence-electron chi connectivity index (χ0n) is 14.3. The molecule has 132 valence electrons. The third kappa shape index (κ3) is 5.11. The van der Waals surface area contributed by atoms with E-state index in [1.807, 2.05) is 13.0 Å². The minimum Gasteiger partial charge on any atom is -0.337 e. The summed E-state index contributed by atoms with van der Waals surface area (Å²) in [4.78, 5) is 28.2. The van der Waals surface area contributed by atoms with Crippen LogP contribution in [0.4, 0.5) is 10.5 Å². The molecule has 6 nitrogen and oxygen atoms in total. The maximum absolute atomic E-state index is 12.1. The summed E-state index contributed by atoms with van der Waals surface area (Å²) in [6.45, 7) is 8.57. The van der Waals surface area contributed by atoms with Gasteiger partial charge < -0.3 is 20.4 Å². The van der Waals surface area contributed by atoms with Crippen LogP contribution in [0.1, 0.15) is 18.9 Å². The van der Waals surface area contributed by atoms with E-state index in [0.717, 1.165) is 38.3 Å². The fraction of sp³-hybridized carbons (Fsp3) is 0.529. The van der Waals surface area contributed by atoms with Crippen LogP contribution in [-0.2, 0) is 4.79 Å². The second-order valence-corrected chi connectivity index (χ2v) is 6.27. The molecule has 1 fully saturated rings. The number of nitrogens with one attached hydrogen (secondary N) is 2. The molecule has 3 amide bonds. The van der Waals surface area contributed by atoms with Gasteiger partial charge in [-0.2, -0.15) is 0 Å². The largest absolute Gasteiger partial charge is 0.337 e. The van der Waals surface area contributed by atoms with Gasteiger partial charge in [-0.25, -0.2) is 4.79 Å². The predicted molar refractivity (Wildman–Crippen MR) is 96.5 cm³/mol. The Bertz CT molecular complexity index is 586. The number of piperazine rings is 1. The average molecular weight is 353 g/mol. The first kappa shape index (κ1) is 18.5. The molecule has 7 heteroatoms. The smallest absolute Gasteiger partial charge is 0.317 e. The first-order valence-electron chi connectivity index (χ1n) is 8.31. The van der Waals surface area contributed by atoms with Gasteiger partial charge in [-0.05, 0) is 31.2 Å². The number of amides is 3. The number of carbonyl (C=O) groups is 2. The summed E-state index contributed by atoms with van der Waals surface area (Å²) >= 11 is 6.03. The molecule has 0 aromatic heterocycles. The second-order valence-electron chi connectivity index (χ2n) is 5.86. The number of likely N-dealkylation sites (N-methyl/N-ethyl adjacent to an activating group) is 1. The highest BCUT2D eigenvalue weighted by Crippen LogP contribution is 2.22. The standard InChI is InChI=1S/C17H25ClN4O2/c1-3-21-9-11-22(12-10-21)17(24)19-8-7-16(23)20-15-6-4-5-14(18)13(15)2/h4-6H,3,7-12H2,1-2H3,(H,19,24)(H,20,23). The molecule has 1 saturated heterocycles. The first-order valence-corrected chi connectivity index (χ1v) is 8.69. The molecule has 0 aliphatic carbocycles. The number of hydrogen-bond donors (Lipinski definition) is 2. The van der Waals surface area contributed by atoms with Crippen LogP contribution in [0.15, 0.2) is 18.2 Å². The quantitative estimate of drug-likeness (QED) is 0.854. The molecule has 0 atom stereocenters. The maximum atomic E-state index is 12.1. The zero-order valence-corrected chi connectivity index (χ0v) is 15.0. The van der Waals surface area contributed by atoms with Gasteiger partial charge in [-0.3, -0.25) is 4.79 Å². The monoisotopic (exact) mass is 352 g/mol. The van der Waals surface area contributed by atoms with Gasteiger partial charge in [0.2, 0.25) is 5.91 Å². The van der Waals surface area contributed by atoms with Crippen molar-refractivity contribution in [3.05, 3.63) is 28.8 Å². The minimum atomic E-state index is -0.142. The van der Waals surface area contributed by atoms with Crippen molar-refractivity contribution in [2.45, 2.75) is 20.3 Å². The van der Waals surface area contributed by atoms with E-state index in [2.05, 4.69) is 22.5 Å². The lowest BCUT2D eigenvalue weighted by molar-refractivity contribution is -0.116. The van der Waals surface area contributed by atoms with Crippen LogP contribution in [-0.4, -0.2) is 61.0 Å². The summed E-state index contributed by atoms with van der Waals surface area (Å²) in [5.74, 6) is -0.142. The van der Waals surface area contributed by atoms with Gasteiger partial charge in [0.1, 0.15) is 0 Å². The number of benzene rings is 1. The lowest BCUT2D eigenvalue weighted by Crippen LogP contribution is -2.51. The molecular formula is C17H25ClN4O2. The average Bonchev–Trinajstić information content (AvgIpc) is 2.59. The maximum Gasteiger partial charge on any atom is 0.317 e. The Labute approximate surface area is 148 Å². The van der Waals surface area contributed by atoms with Crippen LogP contribution in [0, 0.1) is 6.92 Å². The van der Waals surface area contributed by atoms with Crippen molar-refractivity contribution >= 4 is 29.2 Å². The molecule has 2 N–H and O–H groups in total. The molecule has 1 aromatic carbocycles. The number of hydrogen-bond acceptors (Lipinski definition) is 3. The summed E-state index contributed by atoms with van der Waals surface area (Å²) < 4.78 is 0. The van der Waals surface area contributed by atoms with Gasteiger partial charge >= 0.3 is 6.03 Å². The number of halogens is 1. The number of carbonyl (C=O) groups excluding carboxylic acids is 2. The Kier molecular flexibility index (Phi) is 6.87. The van der Waals surface area contributed by atoms with Crippen molar-refractivity contribution in [2.75, 3.05) is 44.6 Å². The first-order chi connectivity index (χ1) is 11.5. The highest BCUT2D eigenvalue weighted by atomic mass is 35.5. The minimum absolute atomic E-state index is 0.0995. The topological polar surface area (TPSA) is 64.7 Å². The molecule has 2 rings (SSSR count). The van der Waals surface area contributed by atoms with E-state index in [-0.39, 0.29) is 18.4 Å². The van der Waals surface area contributed by atoms with E-state index in [9.17, 15) is 9.59 Å². The van der Waals surface area contributed by atoms with Crippen LogP contribution in [0.5, 0.6) is 0 Å². The molecule has 0 saturated carbocycles. The fourth-order valence-electron chi connectivity index (χ4n) is 2.62. The number of anilines is 1. The number of nitrogens with zero attached hydrogens (tertiary/aromatic N) is 2. The number of urea groups is 1. The van der Waals surface area contributed by atoms with E-state index in [1.54, 1.807) is 17.0 Å². The van der Waals surface area contributed by atoms with Gasteiger partial charge in [-0.1, -0.05) is 24.6 Å². The Morgan fingerprint density at radius 1 is 1.21 bits per heavy atom. The Balaban J connectivity index is 1.71. The van der Waals surface area contributed by atoms with Gasteiger partial charge in [0.25, 0.3) is 0 Å². The van der Waals surface area contributed by atoms with E-state index in [4.69, 9.17) is 11.6 Å². The predicted octanol–water partition coefficient (Wildman–Crippen LogP) is 2.32. The lowest BCUT2D eigenvalue weighted by Gasteiger charge is -2.33. The van der Waals surface area contributed by atoms with E-state index >= 15 is 0 Å². The lowest BCUT2D eigenvalue weighted by atomic mass is 10.2. The van der Waals surface area contributed by atoms with Crippen molar-refractivity contribution in [1.82, 2.24) is 15.1 Å². The summed E-state index contributed by atoms with van der Waals surface area (Å²) in [5.41, 5.74) is 1.54. The molecule has 24 heavy (non-hydrogen) atoms. The third-order valence-electron chi connectivity index (χ3n) is 4.28. The zero-order chi connectivity index (χ0) is 17.5. The molecular weight excluding hydrogens is 328 g/mol. The Morgan fingerprint density at radius 3 is 2.58 bits per heavy atom. The Morgan fingerprint density at radius 2 is 1.92 bits per heavy atom. The van der Waals surface area contributed by atoms with Crippen molar-refractivity contribution in [1.29, 1.82) is 0 Å². The fourth-order valence-corrected chi connectivity index (χ4v) is 2.79. The van der Waals surface area contributed by atoms with Crippen LogP contribution in [0.3, 0.4) is 0 Å². The molecule has 1 heterocycles. The molecule has 1 aliphatic rings. The van der Waals surface area contributed by atoms with Gasteiger partial charge in [0.15, 0.2) is 0 Å². The van der Waals surface area contributed by atoms with Crippen LogP contribution >= 0.6 is 11.6 Å². The Hall–Kier alpha value is -1.79. The van der Waals surface area contributed by atoms with E-state index < -0.39 is 0 Å². The summed E-state index contributed by atoms with van der Waals surface area (Å²) in [6.07, 6.45) is 0.229. The van der Waals surface area contributed by atoms with Crippen LogP contribution < -0.4 is 10.6 Å². The molecule has 0 unspecified atom stereocenters. The van der Waals surface area contributed by atoms with Crippen molar-refractivity contribution < 1.29 is 9.59 Å². The molecule has 1 aromatic rings. The van der Waals surface area contributed by atoms with Gasteiger partial charge in [0.05, 0.1) is 0 Å². The highest BCUT2D eigenvalue weighted by molar-refractivity contribution is 6.31. The van der Waals surface area contributed by atoms with Gasteiger partial charge in [-0.15, -0.1) is 0 Å². The third-order valence-corrected chi connectivity index (χ3v) is 4.69. The van der Waals surface area contributed by atoms with E-state index in [0.29, 0.717) is 17.3 Å². The SMILES string of the molecule is CCN1CCN(C(=O)NCCC(=O)Nc2cccc(Cl)c2C)CC1. The van der Waals surface area contributed by atoms with Gasteiger partial charge in [0, 0.05) is 49.9 Å². The summed E-state index contributed by atoms with van der Waals surface area (Å²) in [7, 11) is 0. The molecule has 0 radical (unpaired) electrons. The summed E-state index contributed by atoms with van der Waals surface area (Å²) in [5, 5.41) is 6.25. The van der Waals surface area contributed by atoms with Crippen LogP contribution in [0.25, 0.3) is 0 Å². The second kappa shape index (κ2) is 8.89. The van der Waals surface area contributed by atoms with Crippen LogP contribution in [0.2, 0.25) is 5.02 Å². The molecule has 0 bridgehead atoms. The highest BCUT2D eigenvalue weighted by Gasteiger charge is 2.19. The normalized spacial score (nSPS) is 15.2. The molecule has 1 aliphatic heterocycles. The van der Waals surface area contributed by atoms with Crippen molar-refractivity contribution in [3.63, 3.8) is 0 Å². The summed E-state index contributed by atoms with van der Waals surface area (Å²) in [6, 6.07) is 5.29. The van der Waals surface area contributed by atoms with E-state index in [1.165, 1.54) is 0 Å². The van der Waals surface area contributed by atoms with Crippen molar-refractivity contribution in [3.8, 4) is 0 Å². The number of rotatable bonds is 5. The molecule has 0 spiro atoms.